The molecule has 0 aliphatic rings. The smallest absolute Gasteiger partial charge is 0.334 e. The summed E-state index contributed by atoms with van der Waals surface area (Å²) in [6.45, 7) is 3.28. The first-order valence-electron chi connectivity index (χ1n) is 7.28. The molecule has 1 aromatic carbocycles. The Balaban J connectivity index is 3.23. The van der Waals surface area contributed by atoms with Gasteiger partial charge in [-0.25, -0.2) is 4.79 Å². The van der Waals surface area contributed by atoms with Crippen molar-refractivity contribution in [3.63, 3.8) is 0 Å². The third-order valence-electron chi connectivity index (χ3n) is 3.80. The van der Waals surface area contributed by atoms with Crippen molar-refractivity contribution < 1.29 is 29.0 Å². The summed E-state index contributed by atoms with van der Waals surface area (Å²) in [5.74, 6) is -2.05. The lowest BCUT2D eigenvalue weighted by Crippen LogP contribution is -2.58. The van der Waals surface area contributed by atoms with E-state index in [0.717, 1.165) is 10.5 Å². The van der Waals surface area contributed by atoms with Gasteiger partial charge in [0, 0.05) is 13.0 Å². The molecule has 0 aliphatic heterocycles. The SMILES string of the molecule is CCN(C(=O)CP(=O)(O)O)[C@@](CC)(Cc1ccccc1)C(=O)O. The van der Waals surface area contributed by atoms with E-state index < -0.39 is 31.2 Å². The molecule has 0 saturated heterocycles. The molecule has 3 N–H and O–H groups in total. The Labute approximate surface area is 135 Å². The highest BCUT2D eigenvalue weighted by Crippen LogP contribution is 2.36. The average molecular weight is 343 g/mol. The predicted octanol–water partition coefficient (Wildman–Crippen LogP) is 1.49. The van der Waals surface area contributed by atoms with Crippen molar-refractivity contribution in [2.75, 3.05) is 12.7 Å². The van der Waals surface area contributed by atoms with Crippen LogP contribution in [0.1, 0.15) is 25.8 Å². The third kappa shape index (κ3) is 4.89. The normalized spacial score (nSPS) is 14.1. The highest BCUT2D eigenvalue weighted by Gasteiger charge is 2.45. The minimum Gasteiger partial charge on any atom is -0.479 e. The fraction of sp³-hybridized carbons (Fsp3) is 0.467. The monoisotopic (exact) mass is 343 g/mol. The first-order valence-corrected chi connectivity index (χ1v) is 9.08. The molecule has 1 atom stereocenters. The van der Waals surface area contributed by atoms with E-state index in [2.05, 4.69) is 0 Å². The van der Waals surface area contributed by atoms with Gasteiger partial charge >= 0.3 is 13.6 Å². The first kappa shape index (κ1) is 19.4. The second kappa shape index (κ2) is 7.73. The Morgan fingerprint density at radius 1 is 1.17 bits per heavy atom. The van der Waals surface area contributed by atoms with Crippen LogP contribution in [0.4, 0.5) is 0 Å². The number of amides is 1. The molecule has 0 aromatic heterocycles. The number of aliphatic carboxylic acids is 1. The Morgan fingerprint density at radius 3 is 2.13 bits per heavy atom. The van der Waals surface area contributed by atoms with Crippen LogP contribution in [-0.4, -0.2) is 49.9 Å². The number of likely N-dealkylation sites (N-methyl/N-ethyl adjacent to an activating group) is 1. The van der Waals surface area contributed by atoms with E-state index in [1.54, 1.807) is 44.2 Å². The maximum absolute atomic E-state index is 12.3. The number of hydrogen-bond acceptors (Lipinski definition) is 3. The zero-order valence-electron chi connectivity index (χ0n) is 13.2. The van der Waals surface area contributed by atoms with Gasteiger partial charge in [0.05, 0.1) is 0 Å². The van der Waals surface area contributed by atoms with Gasteiger partial charge in [-0.15, -0.1) is 0 Å². The Hall–Kier alpha value is -1.69. The van der Waals surface area contributed by atoms with Gasteiger partial charge in [-0.3, -0.25) is 9.36 Å². The molecule has 0 fully saturated rings. The maximum Gasteiger partial charge on any atom is 0.334 e. The summed E-state index contributed by atoms with van der Waals surface area (Å²) >= 11 is 0. The molecule has 0 radical (unpaired) electrons. The van der Waals surface area contributed by atoms with Crippen molar-refractivity contribution in [1.82, 2.24) is 4.90 Å². The van der Waals surface area contributed by atoms with Crippen LogP contribution < -0.4 is 0 Å². The van der Waals surface area contributed by atoms with Gasteiger partial charge < -0.3 is 19.8 Å². The second-order valence-corrected chi connectivity index (χ2v) is 6.96. The molecule has 1 rings (SSSR count). The predicted molar refractivity (Wildman–Crippen MR) is 85.1 cm³/mol. The zero-order chi connectivity index (χ0) is 17.7. The van der Waals surface area contributed by atoms with E-state index >= 15 is 0 Å². The molecular formula is C15H22NO6P. The standard InChI is InChI=1S/C15H22NO6P/c1-3-15(14(18)19,10-12-8-6-5-7-9-12)16(4-2)13(17)11-23(20,21)22/h5-9H,3-4,10-11H2,1-2H3,(H,18,19)(H2,20,21,22)/t15-/m0/s1. The first-order chi connectivity index (χ1) is 10.7. The number of nitrogens with zero attached hydrogens (tertiary/aromatic N) is 1. The second-order valence-electron chi connectivity index (χ2n) is 5.31. The molecule has 0 aliphatic carbocycles. The lowest BCUT2D eigenvalue weighted by molar-refractivity contribution is -0.158. The van der Waals surface area contributed by atoms with Crippen LogP contribution in [0.3, 0.4) is 0 Å². The van der Waals surface area contributed by atoms with E-state index in [1.807, 2.05) is 0 Å². The molecule has 1 amide bonds. The summed E-state index contributed by atoms with van der Waals surface area (Å²) in [6.07, 6.45) is -0.803. The van der Waals surface area contributed by atoms with E-state index in [9.17, 15) is 19.3 Å². The summed E-state index contributed by atoms with van der Waals surface area (Å²) in [5.41, 5.74) is -0.804. The lowest BCUT2D eigenvalue weighted by Gasteiger charge is -2.40. The van der Waals surface area contributed by atoms with Gasteiger partial charge in [-0.05, 0) is 18.9 Å². The molecule has 128 valence electrons. The van der Waals surface area contributed by atoms with E-state index in [0.29, 0.717) is 0 Å². The molecule has 8 heteroatoms. The van der Waals surface area contributed by atoms with Crippen molar-refractivity contribution in [1.29, 1.82) is 0 Å². The van der Waals surface area contributed by atoms with Gasteiger partial charge in [0.25, 0.3) is 0 Å². The molecular weight excluding hydrogens is 321 g/mol. The molecule has 7 nitrogen and oxygen atoms in total. The number of carboxylic acids is 1. The largest absolute Gasteiger partial charge is 0.479 e. The summed E-state index contributed by atoms with van der Waals surface area (Å²) in [4.78, 5) is 43.3. The van der Waals surface area contributed by atoms with Crippen LogP contribution in [0.25, 0.3) is 0 Å². The highest BCUT2D eigenvalue weighted by atomic mass is 31.2. The minimum absolute atomic E-state index is 0.0474. The van der Waals surface area contributed by atoms with Crippen LogP contribution in [0.5, 0.6) is 0 Å². The number of carbonyl (C=O) groups is 2. The zero-order valence-corrected chi connectivity index (χ0v) is 14.1. The average Bonchev–Trinajstić information content (AvgIpc) is 2.45. The molecule has 0 bridgehead atoms. The van der Waals surface area contributed by atoms with Gasteiger partial charge in [0.15, 0.2) is 0 Å². The number of hydrogen-bond donors (Lipinski definition) is 3. The summed E-state index contributed by atoms with van der Waals surface area (Å²) < 4.78 is 11.1. The van der Waals surface area contributed by atoms with Gasteiger partial charge in [0.1, 0.15) is 11.7 Å². The van der Waals surface area contributed by atoms with E-state index in [4.69, 9.17) is 9.79 Å². The van der Waals surface area contributed by atoms with Gasteiger partial charge in [0.2, 0.25) is 5.91 Å². The van der Waals surface area contributed by atoms with Crippen LogP contribution in [0.15, 0.2) is 30.3 Å². The van der Waals surface area contributed by atoms with Crippen molar-refractivity contribution in [3.8, 4) is 0 Å². The maximum atomic E-state index is 12.3. The Bertz CT molecular complexity index is 599. The van der Waals surface area contributed by atoms with Crippen LogP contribution in [-0.2, 0) is 20.6 Å². The summed E-state index contributed by atoms with van der Waals surface area (Å²) in [5, 5.41) is 9.75. The van der Waals surface area contributed by atoms with E-state index in [1.165, 1.54) is 0 Å². The number of carbonyl (C=O) groups excluding carboxylic acids is 1. The topological polar surface area (TPSA) is 115 Å². The summed E-state index contributed by atoms with van der Waals surface area (Å²) in [6, 6.07) is 8.86. The van der Waals surface area contributed by atoms with Crippen molar-refractivity contribution in [2.45, 2.75) is 32.2 Å². The fourth-order valence-corrected chi connectivity index (χ4v) is 3.19. The van der Waals surface area contributed by atoms with Crippen LogP contribution in [0.2, 0.25) is 0 Å². The number of carboxylic acid groups (broad SMARTS) is 1. The fourth-order valence-electron chi connectivity index (χ4n) is 2.67. The van der Waals surface area contributed by atoms with Crippen molar-refractivity contribution in [3.05, 3.63) is 35.9 Å². The third-order valence-corrected chi connectivity index (χ3v) is 4.48. The quantitative estimate of drug-likeness (QED) is 0.616. The molecule has 0 spiro atoms. The van der Waals surface area contributed by atoms with Crippen LogP contribution in [0, 0.1) is 0 Å². The number of benzene rings is 1. The molecule has 0 heterocycles. The highest BCUT2D eigenvalue weighted by molar-refractivity contribution is 7.52. The molecule has 1 aromatic rings. The summed E-state index contributed by atoms with van der Waals surface area (Å²) in [7, 11) is -4.57. The van der Waals surface area contributed by atoms with Crippen molar-refractivity contribution >= 4 is 19.5 Å². The van der Waals surface area contributed by atoms with Gasteiger partial charge in [-0.1, -0.05) is 37.3 Å². The van der Waals surface area contributed by atoms with Crippen LogP contribution >= 0.6 is 7.60 Å². The Morgan fingerprint density at radius 2 is 1.74 bits per heavy atom. The molecule has 23 heavy (non-hydrogen) atoms. The molecule has 0 saturated carbocycles. The number of rotatable bonds is 8. The minimum atomic E-state index is -4.57. The molecule has 0 unspecified atom stereocenters. The van der Waals surface area contributed by atoms with Crippen molar-refractivity contribution in [2.24, 2.45) is 0 Å². The van der Waals surface area contributed by atoms with E-state index in [-0.39, 0.29) is 19.4 Å². The lowest BCUT2D eigenvalue weighted by atomic mass is 9.86. The van der Waals surface area contributed by atoms with Gasteiger partial charge in [-0.2, -0.15) is 0 Å². The Kier molecular flexibility index (Phi) is 6.50.